The Morgan fingerprint density at radius 3 is 2.60 bits per heavy atom. The van der Waals surface area contributed by atoms with Gasteiger partial charge in [-0.15, -0.1) is 0 Å². The van der Waals surface area contributed by atoms with Gasteiger partial charge >= 0.3 is 0 Å². The monoisotopic (exact) mass is 492 g/mol. The number of benzene rings is 2. The Hall–Kier alpha value is -3.00. The van der Waals surface area contributed by atoms with Gasteiger partial charge in [0.1, 0.15) is 5.84 Å². The van der Waals surface area contributed by atoms with Crippen LogP contribution in [0.3, 0.4) is 0 Å². The van der Waals surface area contributed by atoms with Crippen LogP contribution in [0.15, 0.2) is 46.5 Å². The van der Waals surface area contributed by atoms with Crippen LogP contribution in [0.4, 0.5) is 10.5 Å². The summed E-state index contributed by atoms with van der Waals surface area (Å²) in [5, 5.41) is 4.27. The van der Waals surface area contributed by atoms with Gasteiger partial charge in [0, 0.05) is 17.8 Å². The first-order valence-electron chi connectivity index (χ1n) is 12.1. The Morgan fingerprint density at radius 1 is 1.14 bits per heavy atom. The lowest BCUT2D eigenvalue weighted by molar-refractivity contribution is 0.261. The number of ether oxygens (including phenoxy) is 2. The highest BCUT2D eigenvalue weighted by molar-refractivity contribution is 8.14. The molecule has 0 spiro atoms. The number of nitrogens with zero attached hydrogens (tertiary/aromatic N) is 3. The van der Waals surface area contributed by atoms with Crippen molar-refractivity contribution < 1.29 is 14.3 Å². The fourth-order valence-corrected chi connectivity index (χ4v) is 5.45. The quantitative estimate of drug-likeness (QED) is 0.450. The maximum atomic E-state index is 11.7. The maximum absolute atomic E-state index is 11.7. The molecule has 3 aliphatic rings. The summed E-state index contributed by atoms with van der Waals surface area (Å²) in [7, 11) is 3.31. The number of aliphatic imine (C=N–C) groups is 1. The minimum Gasteiger partial charge on any atom is -0.493 e. The highest BCUT2D eigenvalue weighted by Crippen LogP contribution is 2.42. The van der Waals surface area contributed by atoms with E-state index in [9.17, 15) is 4.79 Å². The normalized spacial score (nSPS) is 21.7. The van der Waals surface area contributed by atoms with Gasteiger partial charge in [-0.2, -0.15) is 5.10 Å². The molecule has 1 unspecified atom stereocenters. The first-order valence-corrected chi connectivity index (χ1v) is 13.0. The molecule has 2 aliphatic heterocycles. The first kappa shape index (κ1) is 23.7. The molecule has 1 atom stereocenters. The van der Waals surface area contributed by atoms with E-state index in [0.717, 1.165) is 48.5 Å². The van der Waals surface area contributed by atoms with E-state index in [-0.39, 0.29) is 15.9 Å². The zero-order valence-electron chi connectivity index (χ0n) is 20.9. The van der Waals surface area contributed by atoms with Crippen molar-refractivity contribution in [3.63, 3.8) is 0 Å². The summed E-state index contributed by atoms with van der Waals surface area (Å²) >= 11 is 1.27. The lowest BCUT2D eigenvalue weighted by atomic mass is 9.76. The SMILES string of the molecule is COc1ccc(/C(=N/C2CC2)N2CCC(C)(C)c3cc(C4=NNC(=O)SC4C)ccc32)cc1OC. The Bertz CT molecular complexity index is 1220. The molecule has 1 aliphatic carbocycles. The summed E-state index contributed by atoms with van der Waals surface area (Å²) in [6.45, 7) is 7.49. The van der Waals surface area contributed by atoms with Gasteiger partial charge < -0.3 is 14.4 Å². The fraction of sp³-hybridized carbons (Fsp3) is 0.444. The molecule has 8 heteroatoms. The van der Waals surface area contributed by atoms with E-state index in [1.165, 1.54) is 23.0 Å². The van der Waals surface area contributed by atoms with Gasteiger partial charge in [0.15, 0.2) is 11.5 Å². The number of amidine groups is 1. The van der Waals surface area contributed by atoms with E-state index in [4.69, 9.17) is 14.5 Å². The molecule has 1 fully saturated rings. The van der Waals surface area contributed by atoms with Crippen LogP contribution in [0.1, 0.15) is 56.7 Å². The largest absolute Gasteiger partial charge is 0.493 e. The topological polar surface area (TPSA) is 75.5 Å². The number of carbonyl (C=O) groups is 1. The van der Waals surface area contributed by atoms with Crippen molar-refractivity contribution in [3.8, 4) is 11.5 Å². The van der Waals surface area contributed by atoms with Crippen LogP contribution in [-0.2, 0) is 5.41 Å². The second-order valence-electron chi connectivity index (χ2n) is 9.93. The van der Waals surface area contributed by atoms with Crippen molar-refractivity contribution in [2.45, 2.75) is 56.7 Å². The highest BCUT2D eigenvalue weighted by Gasteiger charge is 2.35. The number of fused-ring (bicyclic) bond motifs is 1. The molecule has 0 bridgehead atoms. The standard InChI is InChI=1S/C27H32N4O3S/c1-16-24(29-30-26(32)35-16)17-6-10-21-20(14-17)27(2,3)12-13-31(21)25(28-19-8-9-19)18-7-11-22(33-4)23(15-18)34-5/h6-7,10-11,14-16,19H,8-9,12-13H2,1-5H3,(H,30,32)/b28-25-. The molecule has 5 rings (SSSR count). The number of thioether (sulfide) groups is 1. The summed E-state index contributed by atoms with van der Waals surface area (Å²) < 4.78 is 11.1. The van der Waals surface area contributed by atoms with Crippen LogP contribution in [0, 0.1) is 0 Å². The lowest BCUT2D eigenvalue weighted by Crippen LogP contribution is -2.42. The molecule has 35 heavy (non-hydrogen) atoms. The van der Waals surface area contributed by atoms with E-state index in [2.05, 4.69) is 53.5 Å². The van der Waals surface area contributed by atoms with Gasteiger partial charge in [-0.25, -0.2) is 5.43 Å². The number of hydrogen-bond donors (Lipinski definition) is 1. The average Bonchev–Trinajstić information content (AvgIpc) is 3.67. The maximum Gasteiger partial charge on any atom is 0.299 e. The number of rotatable bonds is 5. The van der Waals surface area contributed by atoms with Crippen LogP contribution < -0.4 is 19.8 Å². The third-order valence-electron chi connectivity index (χ3n) is 6.96. The predicted molar refractivity (Wildman–Crippen MR) is 143 cm³/mol. The molecule has 0 saturated heterocycles. The first-order chi connectivity index (χ1) is 16.8. The second kappa shape index (κ2) is 9.22. The molecule has 1 N–H and O–H groups in total. The van der Waals surface area contributed by atoms with Gasteiger partial charge in [-0.05, 0) is 73.1 Å². The predicted octanol–water partition coefficient (Wildman–Crippen LogP) is 5.35. The van der Waals surface area contributed by atoms with E-state index in [0.29, 0.717) is 17.5 Å². The van der Waals surface area contributed by atoms with Gasteiger partial charge in [0.2, 0.25) is 0 Å². The molecule has 1 saturated carbocycles. The highest BCUT2D eigenvalue weighted by atomic mass is 32.2. The molecule has 184 valence electrons. The second-order valence-corrected chi connectivity index (χ2v) is 11.2. The molecule has 7 nitrogen and oxygen atoms in total. The summed E-state index contributed by atoms with van der Waals surface area (Å²) in [5.74, 6) is 2.38. The van der Waals surface area contributed by atoms with Gasteiger partial charge in [0.05, 0.1) is 31.2 Å². The molecular weight excluding hydrogens is 460 g/mol. The third kappa shape index (κ3) is 4.63. The molecule has 2 heterocycles. The minimum absolute atomic E-state index is 0.00100. The van der Waals surface area contributed by atoms with E-state index in [1.807, 2.05) is 19.1 Å². The number of carbonyl (C=O) groups excluding carboxylic acids is 1. The number of amides is 1. The van der Waals surface area contributed by atoms with Crippen LogP contribution >= 0.6 is 11.8 Å². The number of hydrazone groups is 1. The van der Waals surface area contributed by atoms with Crippen LogP contribution in [-0.4, -0.2) is 48.8 Å². The summed E-state index contributed by atoms with van der Waals surface area (Å²) in [4.78, 5) is 19.2. The molecule has 0 radical (unpaired) electrons. The Morgan fingerprint density at radius 2 is 1.91 bits per heavy atom. The number of methoxy groups -OCH3 is 2. The van der Waals surface area contributed by atoms with E-state index < -0.39 is 0 Å². The Kier molecular flexibility index (Phi) is 6.25. The number of hydrogen-bond acceptors (Lipinski definition) is 6. The fourth-order valence-electron chi connectivity index (χ4n) is 4.73. The Labute approximate surface area is 211 Å². The number of anilines is 1. The third-order valence-corrected chi connectivity index (χ3v) is 7.84. The van der Waals surface area contributed by atoms with Crippen molar-refractivity contribution in [3.05, 3.63) is 53.1 Å². The van der Waals surface area contributed by atoms with Crippen LogP contribution in [0.5, 0.6) is 11.5 Å². The van der Waals surface area contributed by atoms with Crippen molar-refractivity contribution >= 4 is 34.2 Å². The van der Waals surface area contributed by atoms with E-state index >= 15 is 0 Å². The lowest BCUT2D eigenvalue weighted by Gasteiger charge is -2.41. The molecule has 1 amide bonds. The van der Waals surface area contributed by atoms with Crippen molar-refractivity contribution in [1.82, 2.24) is 5.43 Å². The zero-order chi connectivity index (χ0) is 24.7. The van der Waals surface area contributed by atoms with E-state index in [1.54, 1.807) is 14.2 Å². The van der Waals surface area contributed by atoms with Crippen LogP contribution in [0.2, 0.25) is 0 Å². The summed E-state index contributed by atoms with van der Waals surface area (Å²) in [5.41, 5.74) is 8.02. The summed E-state index contributed by atoms with van der Waals surface area (Å²) in [6, 6.07) is 12.9. The van der Waals surface area contributed by atoms with Crippen LogP contribution in [0.25, 0.3) is 0 Å². The minimum atomic E-state index is -0.110. The van der Waals surface area contributed by atoms with Gasteiger partial charge in [-0.3, -0.25) is 9.79 Å². The summed E-state index contributed by atoms with van der Waals surface area (Å²) in [6.07, 6.45) is 3.25. The van der Waals surface area contributed by atoms with Gasteiger partial charge in [0.25, 0.3) is 5.24 Å². The van der Waals surface area contributed by atoms with Crippen molar-refractivity contribution in [2.75, 3.05) is 25.7 Å². The Balaban J connectivity index is 1.59. The molecule has 2 aromatic rings. The zero-order valence-corrected chi connectivity index (χ0v) is 21.7. The van der Waals surface area contributed by atoms with Gasteiger partial charge in [-0.1, -0.05) is 31.7 Å². The molecular formula is C27H32N4O3S. The van der Waals surface area contributed by atoms with Crippen molar-refractivity contribution in [2.24, 2.45) is 10.1 Å². The smallest absolute Gasteiger partial charge is 0.299 e. The van der Waals surface area contributed by atoms with Crippen molar-refractivity contribution in [1.29, 1.82) is 0 Å². The average molecular weight is 493 g/mol. The molecule has 0 aromatic heterocycles. The molecule has 2 aromatic carbocycles. The number of nitrogens with one attached hydrogen (secondary N) is 1.